The van der Waals surface area contributed by atoms with E-state index >= 15 is 0 Å². The van der Waals surface area contributed by atoms with Crippen molar-refractivity contribution in [1.29, 1.82) is 0 Å². The highest BCUT2D eigenvalue weighted by molar-refractivity contribution is 5.92. The van der Waals surface area contributed by atoms with Gasteiger partial charge in [-0.15, -0.1) is 0 Å². The standard InChI is InChI=1S/C17H26N2O2/c1-3-14-6-5-11-19(12-14)13-17(20)18-15-7-9-16(10-8-15)21-4-2/h7-10,14H,3-6,11-13H2,1-2H3,(H,18,20). The third-order valence-electron chi connectivity index (χ3n) is 4.00. The molecule has 0 bridgehead atoms. The van der Waals surface area contributed by atoms with Gasteiger partial charge in [0, 0.05) is 12.2 Å². The average Bonchev–Trinajstić information content (AvgIpc) is 2.49. The summed E-state index contributed by atoms with van der Waals surface area (Å²) < 4.78 is 5.39. The lowest BCUT2D eigenvalue weighted by Gasteiger charge is -2.31. The van der Waals surface area contributed by atoms with E-state index in [2.05, 4.69) is 17.1 Å². The predicted molar refractivity (Wildman–Crippen MR) is 85.7 cm³/mol. The van der Waals surface area contributed by atoms with Gasteiger partial charge in [-0.1, -0.05) is 13.3 Å². The largest absolute Gasteiger partial charge is 0.494 e. The van der Waals surface area contributed by atoms with Gasteiger partial charge >= 0.3 is 0 Å². The molecule has 2 rings (SSSR count). The fourth-order valence-corrected chi connectivity index (χ4v) is 2.83. The summed E-state index contributed by atoms with van der Waals surface area (Å²) in [5, 5.41) is 2.96. The van der Waals surface area contributed by atoms with Crippen LogP contribution in [-0.4, -0.2) is 37.0 Å². The number of nitrogens with zero attached hydrogens (tertiary/aromatic N) is 1. The van der Waals surface area contributed by atoms with Gasteiger partial charge in [0.15, 0.2) is 0 Å². The number of anilines is 1. The summed E-state index contributed by atoms with van der Waals surface area (Å²) in [4.78, 5) is 14.4. The summed E-state index contributed by atoms with van der Waals surface area (Å²) in [6.45, 7) is 7.41. The molecule has 1 amide bonds. The average molecular weight is 290 g/mol. The number of carbonyl (C=O) groups excluding carboxylic acids is 1. The second kappa shape index (κ2) is 8.03. The lowest BCUT2D eigenvalue weighted by atomic mass is 9.96. The van der Waals surface area contributed by atoms with Crippen molar-refractivity contribution in [3.63, 3.8) is 0 Å². The van der Waals surface area contributed by atoms with E-state index in [0.717, 1.165) is 30.4 Å². The SMILES string of the molecule is CCOc1ccc(NC(=O)CN2CCCC(CC)C2)cc1. The van der Waals surface area contributed by atoms with Gasteiger partial charge < -0.3 is 10.1 Å². The van der Waals surface area contributed by atoms with E-state index in [9.17, 15) is 4.79 Å². The first-order valence-corrected chi connectivity index (χ1v) is 7.96. The maximum Gasteiger partial charge on any atom is 0.238 e. The van der Waals surface area contributed by atoms with Crippen LogP contribution in [-0.2, 0) is 4.79 Å². The van der Waals surface area contributed by atoms with Crippen LogP contribution >= 0.6 is 0 Å². The number of rotatable bonds is 6. The van der Waals surface area contributed by atoms with E-state index in [1.807, 2.05) is 31.2 Å². The number of nitrogens with one attached hydrogen (secondary N) is 1. The van der Waals surface area contributed by atoms with Gasteiger partial charge in [0.05, 0.1) is 13.2 Å². The summed E-state index contributed by atoms with van der Waals surface area (Å²) in [5.41, 5.74) is 0.826. The molecular weight excluding hydrogens is 264 g/mol. The molecule has 1 unspecified atom stereocenters. The second-order valence-corrected chi connectivity index (χ2v) is 5.66. The molecule has 1 aromatic carbocycles. The Morgan fingerprint density at radius 2 is 2.10 bits per heavy atom. The first kappa shape index (κ1) is 15.8. The van der Waals surface area contributed by atoms with E-state index in [4.69, 9.17) is 4.74 Å². The summed E-state index contributed by atoms with van der Waals surface area (Å²) in [6.07, 6.45) is 3.71. The molecule has 0 spiro atoms. The Labute approximate surface area is 127 Å². The number of piperidine rings is 1. The molecule has 1 aliphatic rings. The molecule has 1 atom stereocenters. The lowest BCUT2D eigenvalue weighted by Crippen LogP contribution is -2.40. The Morgan fingerprint density at radius 1 is 1.33 bits per heavy atom. The van der Waals surface area contributed by atoms with Gasteiger partial charge in [0.1, 0.15) is 5.75 Å². The van der Waals surface area contributed by atoms with Crippen molar-refractivity contribution in [3.05, 3.63) is 24.3 Å². The van der Waals surface area contributed by atoms with E-state index in [-0.39, 0.29) is 5.91 Å². The van der Waals surface area contributed by atoms with Crippen molar-refractivity contribution >= 4 is 11.6 Å². The van der Waals surface area contributed by atoms with Crippen LogP contribution in [0.25, 0.3) is 0 Å². The van der Waals surface area contributed by atoms with Crippen molar-refractivity contribution in [2.75, 3.05) is 31.6 Å². The molecule has 1 N–H and O–H groups in total. The highest BCUT2D eigenvalue weighted by atomic mass is 16.5. The molecule has 4 nitrogen and oxygen atoms in total. The Balaban J connectivity index is 1.81. The van der Waals surface area contributed by atoms with Gasteiger partial charge in [-0.3, -0.25) is 9.69 Å². The van der Waals surface area contributed by atoms with Crippen LogP contribution in [0.1, 0.15) is 33.1 Å². The van der Waals surface area contributed by atoms with Gasteiger partial charge in [-0.25, -0.2) is 0 Å². The number of carbonyl (C=O) groups is 1. The molecule has 0 aliphatic carbocycles. The molecule has 0 radical (unpaired) electrons. The molecule has 4 heteroatoms. The lowest BCUT2D eigenvalue weighted by molar-refractivity contribution is -0.117. The zero-order chi connectivity index (χ0) is 15.1. The highest BCUT2D eigenvalue weighted by Crippen LogP contribution is 2.19. The Kier molecular flexibility index (Phi) is 6.05. The van der Waals surface area contributed by atoms with Crippen molar-refractivity contribution in [2.45, 2.75) is 33.1 Å². The number of likely N-dealkylation sites (tertiary alicyclic amines) is 1. The van der Waals surface area contributed by atoms with Crippen molar-refractivity contribution in [3.8, 4) is 5.75 Å². The molecule has 1 aliphatic heterocycles. The molecule has 1 heterocycles. The third-order valence-corrected chi connectivity index (χ3v) is 4.00. The quantitative estimate of drug-likeness (QED) is 0.875. The predicted octanol–water partition coefficient (Wildman–Crippen LogP) is 3.15. The van der Waals surface area contributed by atoms with Crippen LogP contribution in [0.4, 0.5) is 5.69 Å². The smallest absolute Gasteiger partial charge is 0.238 e. The van der Waals surface area contributed by atoms with Crippen molar-refractivity contribution in [2.24, 2.45) is 5.92 Å². The fraction of sp³-hybridized carbons (Fsp3) is 0.588. The van der Waals surface area contributed by atoms with Gasteiger partial charge in [-0.2, -0.15) is 0 Å². The van der Waals surface area contributed by atoms with Crippen molar-refractivity contribution < 1.29 is 9.53 Å². The number of benzene rings is 1. The Hall–Kier alpha value is -1.55. The fourth-order valence-electron chi connectivity index (χ4n) is 2.83. The van der Waals surface area contributed by atoms with E-state index in [1.165, 1.54) is 19.3 Å². The molecule has 1 aromatic rings. The maximum absolute atomic E-state index is 12.1. The monoisotopic (exact) mass is 290 g/mol. The maximum atomic E-state index is 12.1. The number of ether oxygens (including phenoxy) is 1. The van der Waals surface area contributed by atoms with E-state index < -0.39 is 0 Å². The minimum Gasteiger partial charge on any atom is -0.494 e. The van der Waals surface area contributed by atoms with Crippen molar-refractivity contribution in [1.82, 2.24) is 4.90 Å². The van der Waals surface area contributed by atoms with E-state index in [1.54, 1.807) is 0 Å². The topological polar surface area (TPSA) is 41.6 Å². The summed E-state index contributed by atoms with van der Waals surface area (Å²) >= 11 is 0. The summed E-state index contributed by atoms with van der Waals surface area (Å²) in [5.74, 6) is 1.64. The summed E-state index contributed by atoms with van der Waals surface area (Å²) in [7, 11) is 0. The molecule has 0 aromatic heterocycles. The molecule has 0 saturated carbocycles. The highest BCUT2D eigenvalue weighted by Gasteiger charge is 2.20. The van der Waals surface area contributed by atoms with Crippen LogP contribution < -0.4 is 10.1 Å². The first-order chi connectivity index (χ1) is 10.2. The summed E-state index contributed by atoms with van der Waals surface area (Å²) in [6, 6.07) is 7.53. The number of hydrogen-bond acceptors (Lipinski definition) is 3. The third kappa shape index (κ3) is 5.05. The van der Waals surface area contributed by atoms with Gasteiger partial charge in [-0.05, 0) is 56.5 Å². The molecule has 116 valence electrons. The first-order valence-electron chi connectivity index (χ1n) is 7.96. The van der Waals surface area contributed by atoms with Crippen LogP contribution in [0.15, 0.2) is 24.3 Å². The van der Waals surface area contributed by atoms with E-state index in [0.29, 0.717) is 13.2 Å². The number of amides is 1. The van der Waals surface area contributed by atoms with Crippen LogP contribution in [0.5, 0.6) is 5.75 Å². The van der Waals surface area contributed by atoms with Gasteiger partial charge in [0.2, 0.25) is 5.91 Å². The Morgan fingerprint density at radius 3 is 2.76 bits per heavy atom. The van der Waals surface area contributed by atoms with Crippen LogP contribution in [0.2, 0.25) is 0 Å². The Bertz CT molecular complexity index is 445. The molecule has 1 saturated heterocycles. The zero-order valence-corrected chi connectivity index (χ0v) is 13.1. The van der Waals surface area contributed by atoms with Crippen LogP contribution in [0.3, 0.4) is 0 Å². The van der Waals surface area contributed by atoms with Gasteiger partial charge in [0.25, 0.3) is 0 Å². The normalized spacial score (nSPS) is 19.2. The number of hydrogen-bond donors (Lipinski definition) is 1. The molecule has 21 heavy (non-hydrogen) atoms. The minimum absolute atomic E-state index is 0.0657. The zero-order valence-electron chi connectivity index (χ0n) is 13.1. The molecule has 1 fully saturated rings. The minimum atomic E-state index is 0.0657. The van der Waals surface area contributed by atoms with Crippen LogP contribution in [0, 0.1) is 5.92 Å². The second-order valence-electron chi connectivity index (χ2n) is 5.66. The molecular formula is C17H26N2O2.